The second-order valence-electron chi connectivity index (χ2n) is 4.97. The number of carbonyl (C=O) groups is 1. The highest BCUT2D eigenvalue weighted by Gasteiger charge is 2.22. The predicted molar refractivity (Wildman–Crippen MR) is 75.1 cm³/mol. The molecule has 1 saturated heterocycles. The Balaban J connectivity index is 1.55. The number of carbonyl (C=O) groups excluding carboxylic acids is 1. The molecule has 114 valence electrons. The molecule has 2 heterocycles. The van der Waals surface area contributed by atoms with Crippen LogP contribution in [0, 0.1) is 0 Å². The molecule has 1 atom stereocenters. The fourth-order valence-electron chi connectivity index (χ4n) is 2.21. The Morgan fingerprint density at radius 3 is 2.75 bits per heavy atom. The van der Waals surface area contributed by atoms with Crippen molar-refractivity contribution < 1.29 is 17.9 Å². The zero-order valence-electron chi connectivity index (χ0n) is 11.4. The summed E-state index contributed by atoms with van der Waals surface area (Å²) in [6.45, 7) is 4.94. The van der Waals surface area contributed by atoms with Gasteiger partial charge in [-0.1, -0.05) is 0 Å². The minimum absolute atomic E-state index is 0.0474. The summed E-state index contributed by atoms with van der Waals surface area (Å²) in [6.07, 6.45) is 2.37. The van der Waals surface area contributed by atoms with Gasteiger partial charge >= 0.3 is 6.03 Å². The van der Waals surface area contributed by atoms with Crippen molar-refractivity contribution in [3.8, 4) is 0 Å². The number of amides is 2. The predicted octanol–water partition coefficient (Wildman–Crippen LogP) is -0.681. The highest BCUT2D eigenvalue weighted by molar-refractivity contribution is 7.94. The Kier molecular flexibility index (Phi) is 5.38. The quantitative estimate of drug-likeness (QED) is 0.657. The molecule has 0 aromatic heterocycles. The molecule has 0 aliphatic carbocycles. The fourth-order valence-corrected chi connectivity index (χ4v) is 3.45. The molecule has 1 unspecified atom stereocenters. The van der Waals surface area contributed by atoms with E-state index in [1.807, 2.05) is 0 Å². The number of sulfone groups is 1. The first-order chi connectivity index (χ1) is 9.55. The molecule has 2 aliphatic heterocycles. The van der Waals surface area contributed by atoms with E-state index >= 15 is 0 Å². The van der Waals surface area contributed by atoms with Crippen molar-refractivity contribution in [1.82, 2.24) is 15.5 Å². The van der Waals surface area contributed by atoms with Gasteiger partial charge in [0.05, 0.1) is 25.0 Å². The molecule has 8 heteroatoms. The van der Waals surface area contributed by atoms with Gasteiger partial charge in [0.1, 0.15) is 0 Å². The molecule has 7 nitrogen and oxygen atoms in total. The number of rotatable bonds is 5. The summed E-state index contributed by atoms with van der Waals surface area (Å²) in [5.74, 6) is -0.0474. The smallest absolute Gasteiger partial charge is 0.315 e. The Labute approximate surface area is 119 Å². The van der Waals surface area contributed by atoms with Gasteiger partial charge in [0, 0.05) is 25.0 Å². The van der Waals surface area contributed by atoms with Gasteiger partial charge in [0.2, 0.25) is 0 Å². The molecule has 0 aromatic rings. The van der Waals surface area contributed by atoms with Crippen molar-refractivity contribution in [3.63, 3.8) is 0 Å². The monoisotopic (exact) mass is 303 g/mol. The lowest BCUT2D eigenvalue weighted by Crippen LogP contribution is -2.43. The first kappa shape index (κ1) is 15.3. The highest BCUT2D eigenvalue weighted by atomic mass is 32.2. The Morgan fingerprint density at radius 1 is 1.35 bits per heavy atom. The molecule has 1 fully saturated rings. The summed E-state index contributed by atoms with van der Waals surface area (Å²) < 4.78 is 27.6. The van der Waals surface area contributed by atoms with Crippen molar-refractivity contribution in [2.24, 2.45) is 0 Å². The van der Waals surface area contributed by atoms with Crippen molar-refractivity contribution in [2.45, 2.75) is 12.5 Å². The lowest BCUT2D eigenvalue weighted by molar-refractivity contribution is 0.0375. The number of ether oxygens (including phenoxy) is 1. The van der Waals surface area contributed by atoms with Gasteiger partial charge in [-0.25, -0.2) is 13.2 Å². The third-order valence-corrected chi connectivity index (χ3v) is 4.68. The maximum Gasteiger partial charge on any atom is 0.315 e. The van der Waals surface area contributed by atoms with Crippen LogP contribution in [0.25, 0.3) is 0 Å². The van der Waals surface area contributed by atoms with Crippen molar-refractivity contribution >= 4 is 15.9 Å². The van der Waals surface area contributed by atoms with E-state index in [1.165, 1.54) is 6.08 Å². The molecule has 20 heavy (non-hydrogen) atoms. The van der Waals surface area contributed by atoms with Crippen molar-refractivity contribution in [1.29, 1.82) is 0 Å². The SMILES string of the molecule is O=C(NCCCN1CCOCC1)NC1C=CS(=O)(=O)C1. The summed E-state index contributed by atoms with van der Waals surface area (Å²) in [5.41, 5.74) is 0. The van der Waals surface area contributed by atoms with Crippen LogP contribution in [0.1, 0.15) is 6.42 Å². The first-order valence-electron chi connectivity index (χ1n) is 6.81. The molecule has 0 bridgehead atoms. The van der Waals surface area contributed by atoms with E-state index in [0.29, 0.717) is 6.54 Å². The van der Waals surface area contributed by atoms with Gasteiger partial charge < -0.3 is 15.4 Å². The number of urea groups is 1. The molecule has 0 radical (unpaired) electrons. The molecule has 2 aliphatic rings. The second kappa shape index (κ2) is 7.05. The molecule has 0 saturated carbocycles. The fraction of sp³-hybridized carbons (Fsp3) is 0.750. The van der Waals surface area contributed by atoms with Crippen LogP contribution < -0.4 is 10.6 Å². The van der Waals surface area contributed by atoms with E-state index in [4.69, 9.17) is 4.74 Å². The van der Waals surface area contributed by atoms with Crippen LogP contribution in [-0.2, 0) is 14.6 Å². The minimum Gasteiger partial charge on any atom is -0.379 e. The van der Waals surface area contributed by atoms with Crippen LogP contribution >= 0.6 is 0 Å². The van der Waals surface area contributed by atoms with E-state index in [2.05, 4.69) is 15.5 Å². The van der Waals surface area contributed by atoms with Crippen LogP contribution in [0.15, 0.2) is 11.5 Å². The summed E-state index contributed by atoms with van der Waals surface area (Å²) in [5, 5.41) is 6.51. The summed E-state index contributed by atoms with van der Waals surface area (Å²) in [7, 11) is -3.12. The number of hydrogen-bond donors (Lipinski definition) is 2. The van der Waals surface area contributed by atoms with Crippen LogP contribution in [0.5, 0.6) is 0 Å². The lowest BCUT2D eigenvalue weighted by Gasteiger charge is -2.26. The summed E-state index contributed by atoms with van der Waals surface area (Å²) in [6, 6.07) is -0.738. The standard InChI is InChI=1S/C12H21N3O4S/c16-12(14-11-2-9-20(17,18)10-11)13-3-1-4-15-5-7-19-8-6-15/h2,9,11H,1,3-8,10H2,(H2,13,14,16). The van der Waals surface area contributed by atoms with Crippen LogP contribution in [0.3, 0.4) is 0 Å². The number of nitrogens with one attached hydrogen (secondary N) is 2. The van der Waals surface area contributed by atoms with Gasteiger partial charge in [-0.05, 0) is 19.0 Å². The topological polar surface area (TPSA) is 87.7 Å². The molecule has 0 aromatic carbocycles. The molecular formula is C12H21N3O4S. The Bertz CT molecular complexity index is 457. The van der Waals surface area contributed by atoms with Crippen LogP contribution in [-0.4, -0.2) is 70.5 Å². The number of morpholine rings is 1. The van der Waals surface area contributed by atoms with E-state index in [0.717, 1.165) is 44.7 Å². The Hall–Kier alpha value is -1.12. The zero-order chi connectivity index (χ0) is 14.4. The molecule has 2 N–H and O–H groups in total. The lowest BCUT2D eigenvalue weighted by atomic mass is 10.3. The van der Waals surface area contributed by atoms with E-state index in [1.54, 1.807) is 0 Å². The summed E-state index contributed by atoms with van der Waals surface area (Å²) >= 11 is 0. The van der Waals surface area contributed by atoms with Gasteiger partial charge in [-0.2, -0.15) is 0 Å². The van der Waals surface area contributed by atoms with E-state index in [-0.39, 0.29) is 11.8 Å². The minimum atomic E-state index is -3.12. The highest BCUT2D eigenvalue weighted by Crippen LogP contribution is 2.07. The third-order valence-electron chi connectivity index (χ3n) is 3.29. The van der Waals surface area contributed by atoms with Crippen LogP contribution in [0.2, 0.25) is 0 Å². The van der Waals surface area contributed by atoms with Gasteiger partial charge in [0.15, 0.2) is 9.84 Å². The molecule has 2 rings (SSSR count). The number of hydrogen-bond acceptors (Lipinski definition) is 5. The Morgan fingerprint density at radius 2 is 2.10 bits per heavy atom. The largest absolute Gasteiger partial charge is 0.379 e. The molecule has 0 spiro atoms. The van der Waals surface area contributed by atoms with Gasteiger partial charge in [-0.15, -0.1) is 0 Å². The first-order valence-corrected chi connectivity index (χ1v) is 8.52. The molecular weight excluding hydrogens is 282 g/mol. The van der Waals surface area contributed by atoms with Crippen molar-refractivity contribution in [2.75, 3.05) is 45.1 Å². The van der Waals surface area contributed by atoms with E-state index < -0.39 is 15.9 Å². The molecule has 2 amide bonds. The average molecular weight is 303 g/mol. The van der Waals surface area contributed by atoms with Gasteiger partial charge in [-0.3, -0.25) is 4.90 Å². The maximum absolute atomic E-state index is 11.6. The zero-order valence-corrected chi connectivity index (χ0v) is 12.2. The van der Waals surface area contributed by atoms with Gasteiger partial charge in [0.25, 0.3) is 0 Å². The van der Waals surface area contributed by atoms with E-state index in [9.17, 15) is 13.2 Å². The normalized spacial score (nSPS) is 25.5. The van der Waals surface area contributed by atoms with Crippen molar-refractivity contribution in [3.05, 3.63) is 11.5 Å². The maximum atomic E-state index is 11.6. The van der Waals surface area contributed by atoms with Crippen LogP contribution in [0.4, 0.5) is 4.79 Å². The average Bonchev–Trinajstić information content (AvgIpc) is 2.75. The second-order valence-corrected chi connectivity index (χ2v) is 6.90. The third kappa shape index (κ3) is 5.10. The summed E-state index contributed by atoms with van der Waals surface area (Å²) in [4.78, 5) is 13.9. The number of nitrogens with zero attached hydrogens (tertiary/aromatic N) is 1.